The van der Waals surface area contributed by atoms with Gasteiger partial charge >= 0.3 is 7.67 Å². The van der Waals surface area contributed by atoms with Crippen molar-refractivity contribution in [3.63, 3.8) is 0 Å². The first-order valence-electron chi connectivity index (χ1n) is 6.66. The van der Waals surface area contributed by atoms with E-state index in [2.05, 4.69) is 4.52 Å². The molecule has 0 bridgehead atoms. The van der Waals surface area contributed by atoms with Gasteiger partial charge in [0.05, 0.1) is 9.30 Å². The molecule has 0 amide bonds. The predicted molar refractivity (Wildman–Crippen MR) is 44.9 cm³/mol. The summed E-state index contributed by atoms with van der Waals surface area (Å²) >= 11 is 5.15. The maximum Gasteiger partial charge on any atom is 0.340 e. The topological polar surface area (TPSA) is 50.4 Å². The van der Waals surface area contributed by atoms with Crippen molar-refractivity contribution in [2.75, 3.05) is 25.4 Å². The van der Waals surface area contributed by atoms with Crippen molar-refractivity contribution < 1.29 is 20.1 Å². The molecule has 1 unspecified atom stereocenters. The van der Waals surface area contributed by atoms with Crippen LogP contribution in [-0.4, -0.2) is 25.4 Å². The van der Waals surface area contributed by atoms with Gasteiger partial charge in [-0.05, 0) is 6.42 Å². The number of nitrogens with one attached hydrogen (secondary N) is 2. The van der Waals surface area contributed by atoms with Crippen molar-refractivity contribution in [2.45, 2.75) is 6.42 Å². The van der Waals surface area contributed by atoms with Crippen molar-refractivity contribution in [1.29, 1.82) is 0 Å². The van der Waals surface area contributed by atoms with Gasteiger partial charge in [-0.1, -0.05) is 0 Å². The minimum absolute atomic E-state index is 0.761. The van der Waals surface area contributed by atoms with Crippen LogP contribution in [0.5, 0.6) is 0 Å². The molecule has 1 atom stereocenters. The highest BCUT2D eigenvalue weighted by Gasteiger charge is 2.24. The van der Waals surface area contributed by atoms with Crippen LogP contribution in [0, 0.1) is 0 Å². The normalized spacial score (nSPS) is 54.6. The summed E-state index contributed by atoms with van der Waals surface area (Å²) in [6.45, 7) is -8.06. The molecule has 2 N–H and O–H groups in total. The van der Waals surface area contributed by atoms with E-state index in [1.807, 2.05) is 0 Å². The third kappa shape index (κ3) is 3.09. The molecule has 0 radical (unpaired) electrons. The third-order valence-electron chi connectivity index (χ3n) is 0.830. The first-order chi connectivity index (χ1) is 8.08. The summed E-state index contributed by atoms with van der Waals surface area (Å²) in [4.78, 5) is 0. The van der Waals surface area contributed by atoms with Crippen LogP contribution in [0.15, 0.2) is 0 Å². The second-order valence-electron chi connectivity index (χ2n) is 1.58. The second-order valence-corrected chi connectivity index (χ2v) is 3.51. The molecule has 0 saturated carbocycles. The number of halogens is 1. The van der Waals surface area contributed by atoms with Gasteiger partial charge < -0.3 is 4.52 Å². The van der Waals surface area contributed by atoms with E-state index < -0.39 is 39.5 Å². The average molecular weight is 207 g/mol. The van der Waals surface area contributed by atoms with Gasteiger partial charge in [-0.25, -0.2) is 10.2 Å². The molecule has 6 heteroatoms. The second kappa shape index (κ2) is 4.43. The standard InChI is InChI=1S/C5H12ClN2O2P/c6-2-4-8-11(9)7-3-1-5-10-11/h1-5H2,(H2,7,8,9)/i2D2,3D2,4D2,5D2. The lowest BCUT2D eigenvalue weighted by molar-refractivity contribution is 0.270. The Labute approximate surface area is 82.4 Å². The molecule has 11 heavy (non-hydrogen) atoms. The Kier molecular flexibility index (Phi) is 1.32. The zero-order valence-electron chi connectivity index (χ0n) is 13.3. The van der Waals surface area contributed by atoms with Gasteiger partial charge in [0, 0.05) is 27.1 Å². The molecule has 4 nitrogen and oxygen atoms in total. The highest BCUT2D eigenvalue weighted by Crippen LogP contribution is 2.39. The molecule has 66 valence electrons. The lowest BCUT2D eigenvalue weighted by Crippen LogP contribution is -2.30. The van der Waals surface area contributed by atoms with Gasteiger partial charge in [-0.2, -0.15) is 0 Å². The van der Waals surface area contributed by atoms with Gasteiger partial charge in [0.25, 0.3) is 0 Å². The molecule has 1 fully saturated rings. The summed E-state index contributed by atoms with van der Waals surface area (Å²) in [7, 11) is -4.52. The molecular weight excluding hydrogens is 186 g/mol. The molecule has 0 spiro atoms. The Bertz CT molecular complexity index is 392. The van der Waals surface area contributed by atoms with E-state index in [1.165, 1.54) is 0 Å². The number of hydrogen-bond acceptors (Lipinski definition) is 2. The minimum atomic E-state index is -4.52. The maximum absolute atomic E-state index is 12.1. The zero-order valence-corrected chi connectivity index (χ0v) is 7.00. The van der Waals surface area contributed by atoms with Gasteiger partial charge in [0.1, 0.15) is 0 Å². The van der Waals surface area contributed by atoms with Crippen molar-refractivity contribution in [3.05, 3.63) is 0 Å². The van der Waals surface area contributed by atoms with Crippen molar-refractivity contribution in [1.82, 2.24) is 10.2 Å². The fraction of sp³-hybridized carbons (Fsp3) is 1.00. The molecule has 1 aliphatic rings. The monoisotopic (exact) mass is 206 g/mol. The van der Waals surface area contributed by atoms with E-state index in [9.17, 15) is 4.57 Å². The molecule has 1 rings (SSSR count). The van der Waals surface area contributed by atoms with Crippen molar-refractivity contribution in [2.24, 2.45) is 0 Å². The summed E-state index contributed by atoms with van der Waals surface area (Å²) in [5.74, 6) is -2.97. The van der Waals surface area contributed by atoms with Gasteiger partial charge in [-0.3, -0.25) is 4.57 Å². The predicted octanol–water partition coefficient (Wildman–Crippen LogP) is 0.933. The number of hydrogen-bond donors (Lipinski definition) is 2. The first kappa shape index (κ1) is 3.28. The Morgan fingerprint density at radius 2 is 2.82 bits per heavy atom. The first-order valence-corrected chi connectivity index (χ1v) is 4.67. The molecule has 0 aliphatic carbocycles. The zero-order chi connectivity index (χ0) is 15.3. The van der Waals surface area contributed by atoms with Gasteiger partial charge in [-0.15, -0.1) is 11.6 Å². The van der Waals surface area contributed by atoms with Crippen LogP contribution in [0.25, 0.3) is 0 Å². The van der Waals surface area contributed by atoms with Gasteiger partial charge in [0.15, 0.2) is 0 Å². The molecular formula is C5H12ClN2O2P. The number of alkyl halides is 1. The fourth-order valence-corrected chi connectivity index (χ4v) is 1.47. The summed E-state index contributed by atoms with van der Waals surface area (Å²) in [6.07, 6.45) is -0.761. The van der Waals surface area contributed by atoms with E-state index in [4.69, 9.17) is 22.6 Å². The Balaban J connectivity index is 3.02. The van der Waals surface area contributed by atoms with Crippen LogP contribution < -0.4 is 10.2 Å². The van der Waals surface area contributed by atoms with Crippen molar-refractivity contribution in [3.8, 4) is 0 Å². The Hall–Kier alpha value is 0.400. The molecule has 0 aromatic heterocycles. The molecule has 1 heterocycles. The maximum atomic E-state index is 12.1. The smallest absolute Gasteiger partial charge is 0.306 e. The van der Waals surface area contributed by atoms with Crippen LogP contribution >= 0.6 is 19.3 Å². The van der Waals surface area contributed by atoms with Gasteiger partial charge in [0.2, 0.25) is 0 Å². The summed E-state index contributed by atoms with van der Waals surface area (Å²) in [5, 5.41) is 3.39. The van der Waals surface area contributed by atoms with E-state index >= 15 is 0 Å². The quantitative estimate of drug-likeness (QED) is 0.533. The summed E-state index contributed by atoms with van der Waals surface area (Å²) in [5.41, 5.74) is 0. The molecule has 1 aliphatic heterocycles. The van der Waals surface area contributed by atoms with Crippen LogP contribution in [-0.2, 0) is 9.09 Å². The summed E-state index contributed by atoms with van der Waals surface area (Å²) < 4.78 is 74.7. The van der Waals surface area contributed by atoms with E-state index in [0.717, 1.165) is 0 Å². The van der Waals surface area contributed by atoms with Crippen LogP contribution in [0.2, 0.25) is 0 Å². The van der Waals surface area contributed by atoms with Crippen LogP contribution in [0.4, 0.5) is 0 Å². The van der Waals surface area contributed by atoms with E-state index in [1.54, 1.807) is 10.2 Å². The highest BCUT2D eigenvalue weighted by molar-refractivity contribution is 7.54. The third-order valence-corrected chi connectivity index (χ3v) is 2.17. The van der Waals surface area contributed by atoms with Crippen LogP contribution in [0.1, 0.15) is 17.4 Å². The fourth-order valence-electron chi connectivity index (χ4n) is 0.471. The largest absolute Gasteiger partial charge is 0.340 e. The van der Waals surface area contributed by atoms with E-state index in [-0.39, 0.29) is 0 Å². The average Bonchev–Trinajstić information content (AvgIpc) is 1.88. The lowest BCUT2D eigenvalue weighted by atomic mass is 10.5. The van der Waals surface area contributed by atoms with Crippen LogP contribution in [0.3, 0.4) is 0 Å². The molecule has 0 aromatic carbocycles. The number of rotatable bonds is 3. The SMILES string of the molecule is [2H]C1([2H])CC([2H])([2H])OP(=O)(NC([2H])([2H])C([2H])([2H])Cl)N1. The summed E-state index contributed by atoms with van der Waals surface area (Å²) in [6, 6.07) is 0. The Morgan fingerprint density at radius 3 is 3.45 bits per heavy atom. The lowest BCUT2D eigenvalue weighted by Gasteiger charge is -2.24. The van der Waals surface area contributed by atoms with Crippen molar-refractivity contribution >= 4 is 19.3 Å². The van der Waals surface area contributed by atoms with E-state index in [0.29, 0.717) is 0 Å². The Morgan fingerprint density at radius 1 is 2.00 bits per heavy atom. The molecule has 1 saturated heterocycles. The highest BCUT2D eigenvalue weighted by atomic mass is 35.5. The molecule has 0 aromatic rings. The minimum Gasteiger partial charge on any atom is -0.306 e.